The maximum absolute atomic E-state index is 12.5. The Bertz CT molecular complexity index is 556. The van der Waals surface area contributed by atoms with Crippen molar-refractivity contribution in [1.29, 1.82) is 0 Å². The van der Waals surface area contributed by atoms with Crippen LogP contribution in [0.1, 0.15) is 12.8 Å². The van der Waals surface area contributed by atoms with Crippen LogP contribution in [0.15, 0.2) is 23.1 Å². The van der Waals surface area contributed by atoms with Crippen molar-refractivity contribution < 1.29 is 13.2 Å². The molecule has 1 aromatic carbocycles. The highest BCUT2D eigenvalue weighted by Crippen LogP contribution is 2.26. The van der Waals surface area contributed by atoms with Crippen LogP contribution in [-0.4, -0.2) is 39.0 Å². The van der Waals surface area contributed by atoms with Crippen LogP contribution in [0.5, 0.6) is 0 Å². The van der Waals surface area contributed by atoms with E-state index in [9.17, 15) is 8.42 Å². The molecule has 1 aromatic rings. The molecule has 1 heterocycles. The molecule has 0 radical (unpaired) electrons. The van der Waals surface area contributed by atoms with Crippen LogP contribution >= 0.6 is 11.6 Å². The van der Waals surface area contributed by atoms with Crippen molar-refractivity contribution >= 4 is 27.3 Å². The number of rotatable bonds is 3. The first-order valence-corrected chi connectivity index (χ1v) is 7.85. The molecule has 19 heavy (non-hydrogen) atoms. The van der Waals surface area contributed by atoms with Crippen LogP contribution in [0.2, 0.25) is 5.02 Å². The second-order valence-electron chi connectivity index (χ2n) is 4.55. The number of anilines is 1. The summed E-state index contributed by atoms with van der Waals surface area (Å²) < 4.78 is 31.6. The summed E-state index contributed by atoms with van der Waals surface area (Å²) in [7, 11) is -1.95. The van der Waals surface area contributed by atoms with Gasteiger partial charge in [0.25, 0.3) is 0 Å². The summed E-state index contributed by atoms with van der Waals surface area (Å²) in [6.45, 7) is 1.18. The monoisotopic (exact) mass is 304 g/mol. The zero-order valence-corrected chi connectivity index (χ0v) is 12.2. The van der Waals surface area contributed by atoms with Crippen molar-refractivity contribution in [3.63, 3.8) is 0 Å². The zero-order valence-electron chi connectivity index (χ0n) is 10.7. The second-order valence-corrected chi connectivity index (χ2v) is 6.95. The van der Waals surface area contributed by atoms with Gasteiger partial charge in [-0.2, -0.15) is 4.31 Å². The summed E-state index contributed by atoms with van der Waals surface area (Å²) in [6, 6.07) is 4.34. The van der Waals surface area contributed by atoms with Crippen molar-refractivity contribution in [3.05, 3.63) is 23.2 Å². The normalized spacial score (nSPS) is 17.8. The number of sulfonamides is 1. The number of benzene rings is 1. The molecule has 0 atom stereocenters. The predicted molar refractivity (Wildman–Crippen MR) is 74.7 cm³/mol. The Morgan fingerprint density at radius 2 is 2.00 bits per heavy atom. The molecule has 0 saturated carbocycles. The van der Waals surface area contributed by atoms with Crippen LogP contribution in [0.25, 0.3) is 0 Å². The van der Waals surface area contributed by atoms with Crippen molar-refractivity contribution in [1.82, 2.24) is 4.31 Å². The molecule has 0 aliphatic carbocycles. The van der Waals surface area contributed by atoms with Gasteiger partial charge in [-0.1, -0.05) is 11.6 Å². The van der Waals surface area contributed by atoms with E-state index in [2.05, 4.69) is 0 Å². The lowest BCUT2D eigenvalue weighted by molar-refractivity contribution is 0.0632. The molecule has 5 nitrogen and oxygen atoms in total. The van der Waals surface area contributed by atoms with Gasteiger partial charge < -0.3 is 10.5 Å². The Balaban J connectivity index is 2.27. The largest absolute Gasteiger partial charge is 0.397 e. The van der Waals surface area contributed by atoms with Gasteiger partial charge in [0.05, 0.1) is 15.6 Å². The third-order valence-electron chi connectivity index (χ3n) is 3.35. The molecular formula is C12H17ClN2O3S. The van der Waals surface area contributed by atoms with Crippen molar-refractivity contribution in [3.8, 4) is 0 Å². The Kier molecular flexibility index (Phi) is 4.35. The molecule has 0 unspecified atom stereocenters. The molecule has 0 aromatic heterocycles. The van der Waals surface area contributed by atoms with Gasteiger partial charge in [-0.3, -0.25) is 0 Å². The van der Waals surface area contributed by atoms with Crippen molar-refractivity contribution in [2.45, 2.75) is 23.8 Å². The molecule has 1 aliphatic heterocycles. The summed E-state index contributed by atoms with van der Waals surface area (Å²) in [5.41, 5.74) is 5.93. The van der Waals surface area contributed by atoms with E-state index in [1.54, 1.807) is 7.05 Å². The van der Waals surface area contributed by atoms with Crippen LogP contribution < -0.4 is 5.73 Å². The smallest absolute Gasteiger partial charge is 0.243 e. The van der Waals surface area contributed by atoms with E-state index < -0.39 is 10.0 Å². The summed E-state index contributed by atoms with van der Waals surface area (Å²) >= 11 is 5.81. The van der Waals surface area contributed by atoms with E-state index >= 15 is 0 Å². The number of hydrogen-bond acceptors (Lipinski definition) is 4. The Hall–Kier alpha value is -0.820. The number of nitrogens with zero attached hydrogens (tertiary/aromatic N) is 1. The number of hydrogen-bond donors (Lipinski definition) is 1. The van der Waals surface area contributed by atoms with Crippen molar-refractivity contribution in [2.24, 2.45) is 0 Å². The van der Waals surface area contributed by atoms with Crippen molar-refractivity contribution in [2.75, 3.05) is 26.0 Å². The minimum atomic E-state index is -3.54. The third-order valence-corrected chi connectivity index (χ3v) is 5.60. The molecule has 106 valence electrons. The van der Waals surface area contributed by atoms with Gasteiger partial charge in [0.15, 0.2) is 0 Å². The second kappa shape index (κ2) is 5.66. The molecule has 1 aliphatic rings. The lowest BCUT2D eigenvalue weighted by atomic mass is 10.1. The molecule has 2 N–H and O–H groups in total. The van der Waals surface area contributed by atoms with Crippen LogP contribution in [-0.2, 0) is 14.8 Å². The van der Waals surface area contributed by atoms with E-state index in [-0.39, 0.29) is 16.6 Å². The first-order valence-electron chi connectivity index (χ1n) is 6.03. The van der Waals surface area contributed by atoms with E-state index in [4.69, 9.17) is 22.1 Å². The molecule has 7 heteroatoms. The molecule has 2 rings (SSSR count). The lowest BCUT2D eigenvalue weighted by Gasteiger charge is -2.30. The van der Waals surface area contributed by atoms with Gasteiger partial charge in [0.2, 0.25) is 10.0 Å². The Morgan fingerprint density at radius 3 is 2.58 bits per heavy atom. The Morgan fingerprint density at radius 1 is 1.37 bits per heavy atom. The van der Waals surface area contributed by atoms with Crippen LogP contribution in [0.4, 0.5) is 5.69 Å². The minimum absolute atomic E-state index is 0.0318. The standard InChI is InChI=1S/C12H17ClN2O3S/c1-15(9-4-6-18-7-5-9)19(16,17)10-2-3-11(13)12(14)8-10/h2-3,8-9H,4-7,14H2,1H3. The lowest BCUT2D eigenvalue weighted by Crippen LogP contribution is -2.40. The van der Waals surface area contributed by atoms with Gasteiger partial charge in [0, 0.05) is 26.3 Å². The summed E-state index contributed by atoms with van der Waals surface area (Å²) in [4.78, 5) is 0.170. The Labute approximate surface area is 118 Å². The number of ether oxygens (including phenoxy) is 1. The first kappa shape index (κ1) is 14.6. The van der Waals surface area contributed by atoms with Gasteiger partial charge in [-0.05, 0) is 31.0 Å². The number of nitrogen functional groups attached to an aromatic ring is 1. The predicted octanol–water partition coefficient (Wildman–Crippen LogP) is 1.72. The number of nitrogens with two attached hydrogens (primary N) is 1. The van der Waals surface area contributed by atoms with E-state index in [1.165, 1.54) is 22.5 Å². The molecular weight excluding hydrogens is 288 g/mol. The number of halogens is 1. The highest BCUT2D eigenvalue weighted by atomic mass is 35.5. The quantitative estimate of drug-likeness (QED) is 0.863. The summed E-state index contributed by atoms with van der Waals surface area (Å²) in [5, 5.41) is 0.354. The SMILES string of the molecule is CN(C1CCOCC1)S(=O)(=O)c1ccc(Cl)c(N)c1. The minimum Gasteiger partial charge on any atom is -0.397 e. The summed E-state index contributed by atoms with van der Waals surface area (Å²) in [6.07, 6.45) is 1.41. The van der Waals surface area contributed by atoms with E-state index in [0.29, 0.717) is 31.1 Å². The fourth-order valence-electron chi connectivity index (χ4n) is 2.09. The maximum atomic E-state index is 12.5. The van der Waals surface area contributed by atoms with E-state index in [0.717, 1.165) is 0 Å². The molecule has 1 fully saturated rings. The average molecular weight is 305 g/mol. The molecule has 0 spiro atoms. The third kappa shape index (κ3) is 3.02. The average Bonchev–Trinajstić information content (AvgIpc) is 2.41. The molecule has 0 bridgehead atoms. The van der Waals surface area contributed by atoms with Gasteiger partial charge in [0.1, 0.15) is 0 Å². The van der Waals surface area contributed by atoms with E-state index in [1.807, 2.05) is 0 Å². The topological polar surface area (TPSA) is 72.6 Å². The fraction of sp³-hybridized carbons (Fsp3) is 0.500. The van der Waals surface area contributed by atoms with Gasteiger partial charge in [-0.15, -0.1) is 0 Å². The summed E-state index contributed by atoms with van der Waals surface area (Å²) in [5.74, 6) is 0. The zero-order chi connectivity index (χ0) is 14.0. The van der Waals surface area contributed by atoms with Crippen LogP contribution in [0.3, 0.4) is 0 Å². The highest BCUT2D eigenvalue weighted by molar-refractivity contribution is 7.89. The molecule has 1 saturated heterocycles. The van der Waals surface area contributed by atoms with Gasteiger partial charge in [-0.25, -0.2) is 8.42 Å². The molecule has 0 amide bonds. The van der Waals surface area contributed by atoms with Gasteiger partial charge >= 0.3 is 0 Å². The highest BCUT2D eigenvalue weighted by Gasteiger charge is 2.29. The maximum Gasteiger partial charge on any atom is 0.243 e. The van der Waals surface area contributed by atoms with Crippen LogP contribution in [0, 0.1) is 0 Å². The first-order chi connectivity index (χ1) is 8.93. The fourth-order valence-corrected chi connectivity index (χ4v) is 3.66.